The summed E-state index contributed by atoms with van der Waals surface area (Å²) in [6.45, 7) is 2.36. The average Bonchev–Trinajstić information content (AvgIpc) is 2.49. The summed E-state index contributed by atoms with van der Waals surface area (Å²) >= 11 is 0. The van der Waals surface area contributed by atoms with Crippen LogP contribution in [0.15, 0.2) is 24.3 Å². The molecule has 0 spiro atoms. The number of benzene rings is 1. The molecule has 2 rings (SSSR count). The fourth-order valence-corrected chi connectivity index (χ4v) is 2.69. The third-order valence-electron chi connectivity index (χ3n) is 4.62. The number of carbonyl (C=O) groups is 2. The third kappa shape index (κ3) is 5.25. The summed E-state index contributed by atoms with van der Waals surface area (Å²) in [4.78, 5) is 25.9. The predicted octanol–water partition coefficient (Wildman–Crippen LogP) is 2.11. The van der Waals surface area contributed by atoms with Crippen LogP contribution in [-0.4, -0.2) is 38.5 Å². The number of anilines is 1. The minimum absolute atomic E-state index is 0.0184. The average molecular weight is 331 g/mol. The molecule has 1 aliphatic carbocycles. The monoisotopic (exact) mass is 331 g/mol. The van der Waals surface area contributed by atoms with Gasteiger partial charge in [-0.1, -0.05) is 18.6 Å². The van der Waals surface area contributed by atoms with Crippen LogP contribution >= 0.6 is 0 Å². The van der Waals surface area contributed by atoms with E-state index in [9.17, 15) is 9.59 Å². The highest BCUT2D eigenvalue weighted by atomic mass is 16.2. The topological polar surface area (TPSA) is 61.4 Å². The van der Waals surface area contributed by atoms with Gasteiger partial charge in [0.1, 0.15) is 6.04 Å². The van der Waals surface area contributed by atoms with Gasteiger partial charge in [-0.05, 0) is 50.3 Å². The van der Waals surface area contributed by atoms with Gasteiger partial charge < -0.3 is 15.5 Å². The second-order valence-electron chi connectivity index (χ2n) is 6.81. The van der Waals surface area contributed by atoms with Gasteiger partial charge in [0.2, 0.25) is 11.8 Å². The van der Waals surface area contributed by atoms with Crippen molar-refractivity contribution in [2.45, 2.75) is 45.1 Å². The second-order valence-corrected chi connectivity index (χ2v) is 6.81. The molecule has 2 amide bonds. The third-order valence-corrected chi connectivity index (χ3v) is 4.62. The molecule has 1 aliphatic rings. The van der Waals surface area contributed by atoms with E-state index in [1.807, 2.05) is 14.1 Å². The Morgan fingerprint density at radius 2 is 1.88 bits per heavy atom. The molecular weight excluding hydrogens is 302 g/mol. The zero-order valence-corrected chi connectivity index (χ0v) is 15.0. The Kier molecular flexibility index (Phi) is 6.64. The fourth-order valence-electron chi connectivity index (χ4n) is 2.69. The maximum atomic E-state index is 12.0. The van der Waals surface area contributed by atoms with Gasteiger partial charge in [-0.2, -0.15) is 0 Å². The van der Waals surface area contributed by atoms with Gasteiger partial charge in [0.25, 0.3) is 0 Å². The van der Waals surface area contributed by atoms with Crippen molar-refractivity contribution in [3.8, 4) is 0 Å². The zero-order valence-electron chi connectivity index (χ0n) is 15.0. The van der Waals surface area contributed by atoms with E-state index < -0.39 is 6.04 Å². The lowest BCUT2D eigenvalue weighted by atomic mass is 9.84. The summed E-state index contributed by atoms with van der Waals surface area (Å²) in [5.74, 6) is 0.0286. The number of carbonyl (C=O) groups excluding carboxylic acids is 2. The van der Waals surface area contributed by atoms with Crippen LogP contribution in [-0.2, 0) is 16.0 Å². The minimum atomic E-state index is -0.461. The maximum Gasteiger partial charge on any atom is 0.242 e. The molecule has 0 bridgehead atoms. The number of hydrogen-bond donors (Lipinski definition) is 2. The van der Waals surface area contributed by atoms with Crippen molar-refractivity contribution in [1.82, 2.24) is 10.6 Å². The molecule has 24 heavy (non-hydrogen) atoms. The van der Waals surface area contributed by atoms with Crippen LogP contribution in [0.1, 0.15) is 38.2 Å². The highest BCUT2D eigenvalue weighted by molar-refractivity contribution is 5.88. The molecule has 1 saturated carbocycles. The van der Waals surface area contributed by atoms with Crippen LogP contribution in [0.2, 0.25) is 0 Å². The number of rotatable bonds is 8. The number of aryl methyl sites for hydroxylation is 1. The summed E-state index contributed by atoms with van der Waals surface area (Å²) in [5, 5.41) is 5.70. The highest BCUT2D eigenvalue weighted by Crippen LogP contribution is 2.26. The van der Waals surface area contributed by atoms with Gasteiger partial charge in [-0.15, -0.1) is 0 Å². The molecule has 1 aromatic carbocycles. The van der Waals surface area contributed by atoms with E-state index in [1.165, 1.54) is 11.3 Å². The molecule has 132 valence electrons. The van der Waals surface area contributed by atoms with Crippen molar-refractivity contribution in [3.63, 3.8) is 0 Å². The maximum absolute atomic E-state index is 12.0. The number of nitrogens with one attached hydrogen (secondary N) is 2. The summed E-state index contributed by atoms with van der Waals surface area (Å²) in [5.41, 5.74) is 2.45. The Morgan fingerprint density at radius 3 is 2.42 bits per heavy atom. The first-order valence-corrected chi connectivity index (χ1v) is 8.81. The molecule has 1 fully saturated rings. The van der Waals surface area contributed by atoms with Crippen molar-refractivity contribution in [1.29, 1.82) is 0 Å². The molecule has 1 aromatic rings. The minimum Gasteiger partial charge on any atom is -0.378 e. The van der Waals surface area contributed by atoms with Gasteiger partial charge in [0, 0.05) is 32.2 Å². The lowest BCUT2D eigenvalue weighted by molar-refractivity contribution is -0.132. The molecule has 0 saturated heterocycles. The summed E-state index contributed by atoms with van der Waals surface area (Å²) in [6.07, 6.45) is 4.83. The largest absolute Gasteiger partial charge is 0.378 e. The molecule has 0 aromatic heterocycles. The van der Waals surface area contributed by atoms with E-state index in [0.29, 0.717) is 6.54 Å². The predicted molar refractivity (Wildman–Crippen MR) is 97.0 cm³/mol. The van der Waals surface area contributed by atoms with Crippen LogP contribution in [0.4, 0.5) is 5.69 Å². The van der Waals surface area contributed by atoms with E-state index in [0.717, 1.165) is 32.1 Å². The Balaban J connectivity index is 1.63. The molecule has 1 atom stereocenters. The Morgan fingerprint density at radius 1 is 1.21 bits per heavy atom. The molecule has 1 unspecified atom stereocenters. The number of nitrogens with zero attached hydrogens (tertiary/aromatic N) is 1. The molecule has 5 nitrogen and oxygen atoms in total. The molecule has 2 N–H and O–H groups in total. The first kappa shape index (κ1) is 18.3. The molecule has 0 aliphatic heterocycles. The van der Waals surface area contributed by atoms with E-state index in [-0.39, 0.29) is 17.7 Å². The van der Waals surface area contributed by atoms with Crippen molar-refractivity contribution in [3.05, 3.63) is 29.8 Å². The zero-order chi connectivity index (χ0) is 17.5. The molecular formula is C19H29N3O2. The molecule has 5 heteroatoms. The normalized spacial score (nSPS) is 15.3. The number of hydrogen-bond acceptors (Lipinski definition) is 3. The SMILES string of the molecule is CC(NC(=O)C1CCC1)C(=O)NCCCc1ccc(N(C)C)cc1. The number of amides is 2. The van der Waals surface area contributed by atoms with Crippen molar-refractivity contribution in [2.24, 2.45) is 5.92 Å². The Bertz CT molecular complexity index is 550. The quantitative estimate of drug-likeness (QED) is 0.717. The standard InChI is InChI=1S/C19H29N3O2/c1-14(21-19(24)16-7-4-8-16)18(23)20-13-5-6-15-9-11-17(12-10-15)22(2)3/h9-12,14,16H,4-8,13H2,1-3H3,(H,20,23)(H,21,24). The van der Waals surface area contributed by atoms with E-state index in [4.69, 9.17) is 0 Å². The van der Waals surface area contributed by atoms with Crippen LogP contribution in [0, 0.1) is 5.92 Å². The molecule has 0 radical (unpaired) electrons. The van der Waals surface area contributed by atoms with Crippen LogP contribution < -0.4 is 15.5 Å². The van der Waals surface area contributed by atoms with E-state index >= 15 is 0 Å². The summed E-state index contributed by atoms with van der Waals surface area (Å²) in [7, 11) is 4.05. The van der Waals surface area contributed by atoms with Gasteiger partial charge in [0.15, 0.2) is 0 Å². The van der Waals surface area contributed by atoms with Gasteiger partial charge in [-0.25, -0.2) is 0 Å². The van der Waals surface area contributed by atoms with Crippen molar-refractivity contribution >= 4 is 17.5 Å². The first-order valence-electron chi connectivity index (χ1n) is 8.81. The first-order chi connectivity index (χ1) is 11.5. The fraction of sp³-hybridized carbons (Fsp3) is 0.579. The summed E-state index contributed by atoms with van der Waals surface area (Å²) in [6, 6.07) is 7.99. The van der Waals surface area contributed by atoms with Gasteiger partial charge >= 0.3 is 0 Å². The lowest BCUT2D eigenvalue weighted by Gasteiger charge is -2.25. The van der Waals surface area contributed by atoms with Gasteiger partial charge in [-0.3, -0.25) is 9.59 Å². The van der Waals surface area contributed by atoms with E-state index in [2.05, 4.69) is 39.8 Å². The van der Waals surface area contributed by atoms with Crippen LogP contribution in [0.3, 0.4) is 0 Å². The van der Waals surface area contributed by atoms with Crippen LogP contribution in [0.25, 0.3) is 0 Å². The van der Waals surface area contributed by atoms with E-state index in [1.54, 1.807) is 6.92 Å². The molecule has 0 heterocycles. The Hall–Kier alpha value is -2.04. The summed E-state index contributed by atoms with van der Waals surface area (Å²) < 4.78 is 0. The smallest absolute Gasteiger partial charge is 0.242 e. The lowest BCUT2D eigenvalue weighted by Crippen LogP contribution is -2.47. The van der Waals surface area contributed by atoms with Gasteiger partial charge in [0.05, 0.1) is 0 Å². The van der Waals surface area contributed by atoms with Crippen molar-refractivity contribution in [2.75, 3.05) is 25.5 Å². The highest BCUT2D eigenvalue weighted by Gasteiger charge is 2.27. The second kappa shape index (κ2) is 8.71. The Labute approximate surface area is 144 Å². The van der Waals surface area contributed by atoms with Crippen LogP contribution in [0.5, 0.6) is 0 Å². The van der Waals surface area contributed by atoms with Crippen molar-refractivity contribution < 1.29 is 9.59 Å².